The fourth-order valence-electron chi connectivity index (χ4n) is 4.34. The molecule has 0 amide bonds. The summed E-state index contributed by atoms with van der Waals surface area (Å²) in [5, 5.41) is 0. The summed E-state index contributed by atoms with van der Waals surface area (Å²) in [6, 6.07) is 11.1. The van der Waals surface area contributed by atoms with Gasteiger partial charge in [0.05, 0.1) is 5.92 Å². The van der Waals surface area contributed by atoms with Crippen molar-refractivity contribution in [1.82, 2.24) is 0 Å². The standard InChI is InChI=1S/C18H22N/c1-2-6-14(7-3-1)16-10-8-15-9-11-17(16)18(15)19-12-4-5-13-19/h1-3,6-8,10,15-17H,4-5,9,11-13H2/q+1/t15-,16+,17-/m0/s1. The van der Waals surface area contributed by atoms with E-state index in [0.29, 0.717) is 5.92 Å². The van der Waals surface area contributed by atoms with Crippen LogP contribution in [-0.4, -0.2) is 23.4 Å². The van der Waals surface area contributed by atoms with Gasteiger partial charge < -0.3 is 0 Å². The molecule has 0 spiro atoms. The molecule has 3 aliphatic rings. The van der Waals surface area contributed by atoms with Gasteiger partial charge in [0.25, 0.3) is 0 Å². The Labute approximate surface area is 115 Å². The maximum absolute atomic E-state index is 2.71. The van der Waals surface area contributed by atoms with E-state index in [1.165, 1.54) is 44.3 Å². The van der Waals surface area contributed by atoms with Gasteiger partial charge in [-0.25, -0.2) is 4.58 Å². The fourth-order valence-corrected chi connectivity index (χ4v) is 4.34. The second-order valence-electron chi connectivity index (χ2n) is 6.23. The summed E-state index contributed by atoms with van der Waals surface area (Å²) in [6.07, 6.45) is 10.5. The molecule has 1 saturated carbocycles. The molecule has 2 bridgehead atoms. The number of hydrogen-bond donors (Lipinski definition) is 0. The minimum atomic E-state index is 0.621. The van der Waals surface area contributed by atoms with E-state index in [9.17, 15) is 0 Å². The van der Waals surface area contributed by atoms with Crippen LogP contribution in [0, 0.1) is 11.8 Å². The molecule has 1 nitrogen and oxygen atoms in total. The number of hydrogen-bond acceptors (Lipinski definition) is 0. The SMILES string of the molecule is C1=C[C@H]2CC[C@H](C2=[N+]2CCCC2)[C@H]1c1ccccc1. The van der Waals surface area contributed by atoms with Crippen LogP contribution in [0.5, 0.6) is 0 Å². The monoisotopic (exact) mass is 252 g/mol. The van der Waals surface area contributed by atoms with E-state index in [-0.39, 0.29) is 0 Å². The van der Waals surface area contributed by atoms with Gasteiger partial charge in [0, 0.05) is 24.7 Å². The summed E-state index contributed by atoms with van der Waals surface area (Å²) >= 11 is 0. The average molecular weight is 252 g/mol. The minimum absolute atomic E-state index is 0.621. The lowest BCUT2D eigenvalue weighted by Gasteiger charge is -2.24. The Morgan fingerprint density at radius 1 is 0.895 bits per heavy atom. The molecule has 1 heteroatoms. The molecule has 0 N–H and O–H groups in total. The van der Waals surface area contributed by atoms with Crippen molar-refractivity contribution in [1.29, 1.82) is 0 Å². The Hall–Kier alpha value is -1.37. The number of nitrogens with zero attached hydrogens (tertiary/aromatic N) is 1. The van der Waals surface area contributed by atoms with Gasteiger partial charge in [-0.05, 0) is 18.4 Å². The van der Waals surface area contributed by atoms with Crippen LogP contribution in [0.2, 0.25) is 0 Å². The minimum Gasteiger partial charge on any atom is -0.236 e. The molecule has 1 aromatic rings. The topological polar surface area (TPSA) is 3.01 Å². The zero-order valence-corrected chi connectivity index (χ0v) is 11.5. The smallest absolute Gasteiger partial charge is 0.163 e. The summed E-state index contributed by atoms with van der Waals surface area (Å²) in [6.45, 7) is 2.61. The molecule has 1 heterocycles. The molecule has 4 rings (SSSR count). The molecule has 1 aliphatic heterocycles. The highest BCUT2D eigenvalue weighted by atomic mass is 15.0. The Morgan fingerprint density at radius 3 is 2.47 bits per heavy atom. The number of fused-ring (bicyclic) bond motifs is 2. The van der Waals surface area contributed by atoms with Gasteiger partial charge in [0.15, 0.2) is 5.71 Å². The van der Waals surface area contributed by atoms with Crippen LogP contribution < -0.4 is 0 Å². The van der Waals surface area contributed by atoms with Gasteiger partial charge in [-0.1, -0.05) is 42.5 Å². The van der Waals surface area contributed by atoms with Gasteiger partial charge in [-0.2, -0.15) is 0 Å². The van der Waals surface area contributed by atoms with Crippen LogP contribution in [0.15, 0.2) is 42.5 Å². The molecule has 1 aromatic carbocycles. The molecule has 0 radical (unpaired) electrons. The van der Waals surface area contributed by atoms with Gasteiger partial charge in [-0.15, -0.1) is 0 Å². The van der Waals surface area contributed by atoms with Crippen LogP contribution in [0.25, 0.3) is 0 Å². The van der Waals surface area contributed by atoms with E-state index < -0.39 is 0 Å². The van der Waals surface area contributed by atoms with Crippen molar-refractivity contribution < 1.29 is 4.58 Å². The van der Waals surface area contributed by atoms with Gasteiger partial charge in [-0.3, -0.25) is 0 Å². The lowest BCUT2D eigenvalue weighted by Crippen LogP contribution is -2.32. The largest absolute Gasteiger partial charge is 0.236 e. The Balaban J connectivity index is 1.75. The summed E-state index contributed by atoms with van der Waals surface area (Å²) in [7, 11) is 0. The molecule has 0 aromatic heterocycles. The van der Waals surface area contributed by atoms with Gasteiger partial charge >= 0.3 is 0 Å². The summed E-state index contributed by atoms with van der Waals surface area (Å²) in [5.74, 6) is 2.15. The number of benzene rings is 1. The molecule has 0 unspecified atom stereocenters. The second kappa shape index (κ2) is 4.63. The molecular formula is C18H22N+. The molecule has 19 heavy (non-hydrogen) atoms. The first-order valence-electron chi connectivity index (χ1n) is 7.78. The molecule has 2 fully saturated rings. The van der Waals surface area contributed by atoms with E-state index in [0.717, 1.165) is 11.8 Å². The zero-order chi connectivity index (χ0) is 12.7. The van der Waals surface area contributed by atoms with Gasteiger partial charge in [0.2, 0.25) is 0 Å². The number of rotatable bonds is 1. The average Bonchev–Trinajstić information content (AvgIpc) is 3.06. The van der Waals surface area contributed by atoms with Crippen LogP contribution in [0.3, 0.4) is 0 Å². The molecule has 3 atom stereocenters. The van der Waals surface area contributed by atoms with E-state index in [4.69, 9.17) is 0 Å². The van der Waals surface area contributed by atoms with Crippen molar-refractivity contribution in [2.45, 2.75) is 31.6 Å². The summed E-state index contributed by atoms with van der Waals surface area (Å²) in [5.41, 5.74) is 3.27. The maximum atomic E-state index is 2.71. The van der Waals surface area contributed by atoms with Crippen LogP contribution in [0.4, 0.5) is 0 Å². The highest BCUT2D eigenvalue weighted by molar-refractivity contribution is 5.90. The predicted molar refractivity (Wildman–Crippen MR) is 78.8 cm³/mol. The van der Waals surface area contributed by atoms with E-state index in [2.05, 4.69) is 47.1 Å². The molecule has 2 aliphatic carbocycles. The van der Waals surface area contributed by atoms with Crippen LogP contribution >= 0.6 is 0 Å². The van der Waals surface area contributed by atoms with E-state index >= 15 is 0 Å². The van der Waals surface area contributed by atoms with Crippen molar-refractivity contribution in [2.24, 2.45) is 11.8 Å². The third-order valence-electron chi connectivity index (χ3n) is 5.19. The highest BCUT2D eigenvalue weighted by Crippen LogP contribution is 2.44. The van der Waals surface area contributed by atoms with Gasteiger partial charge in [0.1, 0.15) is 13.1 Å². The third kappa shape index (κ3) is 1.87. The van der Waals surface area contributed by atoms with Crippen LogP contribution in [-0.2, 0) is 0 Å². The molecule has 1 saturated heterocycles. The zero-order valence-electron chi connectivity index (χ0n) is 11.5. The first-order chi connectivity index (χ1) is 9.43. The quantitative estimate of drug-likeness (QED) is 0.530. The van der Waals surface area contributed by atoms with Crippen LogP contribution in [0.1, 0.15) is 37.2 Å². The molecular weight excluding hydrogens is 230 g/mol. The van der Waals surface area contributed by atoms with Crippen molar-refractivity contribution in [2.75, 3.05) is 13.1 Å². The molecule has 98 valence electrons. The Bertz CT molecular complexity index is 518. The van der Waals surface area contributed by atoms with Crippen molar-refractivity contribution in [3.05, 3.63) is 48.0 Å². The Kier molecular flexibility index (Phi) is 2.79. The van der Waals surface area contributed by atoms with E-state index in [1.54, 1.807) is 5.71 Å². The first-order valence-corrected chi connectivity index (χ1v) is 7.78. The maximum Gasteiger partial charge on any atom is 0.163 e. The third-order valence-corrected chi connectivity index (χ3v) is 5.19. The normalized spacial score (nSPS) is 33.2. The Morgan fingerprint density at radius 2 is 1.68 bits per heavy atom. The summed E-state index contributed by atoms with van der Waals surface area (Å²) < 4.78 is 2.71. The van der Waals surface area contributed by atoms with Crippen molar-refractivity contribution in [3.63, 3.8) is 0 Å². The van der Waals surface area contributed by atoms with E-state index in [1.807, 2.05) is 0 Å². The highest BCUT2D eigenvalue weighted by Gasteiger charge is 2.44. The fraction of sp³-hybridized carbons (Fsp3) is 0.500. The predicted octanol–water partition coefficient (Wildman–Crippen LogP) is 3.61. The van der Waals surface area contributed by atoms with Crippen molar-refractivity contribution >= 4 is 5.71 Å². The second-order valence-corrected chi connectivity index (χ2v) is 6.23. The number of allylic oxidation sites excluding steroid dienone is 2. The van der Waals surface area contributed by atoms with Crippen molar-refractivity contribution in [3.8, 4) is 0 Å². The summed E-state index contributed by atoms with van der Waals surface area (Å²) in [4.78, 5) is 0. The lowest BCUT2D eigenvalue weighted by molar-refractivity contribution is -0.510. The lowest BCUT2D eigenvalue weighted by atomic mass is 9.79. The first kappa shape index (κ1) is 11.5.